The summed E-state index contributed by atoms with van der Waals surface area (Å²) in [7, 11) is 0. The highest BCUT2D eigenvalue weighted by Crippen LogP contribution is 2.26. The van der Waals surface area contributed by atoms with Crippen LogP contribution in [0.5, 0.6) is 0 Å². The zero-order valence-corrected chi connectivity index (χ0v) is 16.2. The largest absolute Gasteiger partial charge is 0.465 e. The molecular formula is C22H22N2O5. The molecular weight excluding hydrogens is 372 g/mol. The molecule has 0 N–H and O–H groups in total. The Hall–Kier alpha value is -3.35. The van der Waals surface area contributed by atoms with Gasteiger partial charge < -0.3 is 14.1 Å². The topological polar surface area (TPSA) is 81.8 Å². The summed E-state index contributed by atoms with van der Waals surface area (Å²) in [4.78, 5) is 38.2. The minimum Gasteiger partial charge on any atom is -0.465 e. The number of oxazole rings is 1. The fourth-order valence-corrected chi connectivity index (χ4v) is 3.58. The lowest BCUT2D eigenvalue weighted by atomic mass is 10.1. The Labute approximate surface area is 167 Å². The van der Waals surface area contributed by atoms with Crippen LogP contribution >= 0.6 is 0 Å². The maximum Gasteiger partial charge on any atom is 0.419 e. The number of esters is 1. The van der Waals surface area contributed by atoms with E-state index in [1.807, 2.05) is 43.3 Å². The molecule has 2 heterocycles. The summed E-state index contributed by atoms with van der Waals surface area (Å²) < 4.78 is 12.1. The molecule has 7 heteroatoms. The number of hydrogen-bond acceptors (Lipinski definition) is 5. The summed E-state index contributed by atoms with van der Waals surface area (Å²) in [5, 5.41) is 0. The lowest BCUT2D eigenvalue weighted by molar-refractivity contribution is -0.148. The minimum absolute atomic E-state index is 0.0766. The summed E-state index contributed by atoms with van der Waals surface area (Å²) in [6, 6.07) is 14.8. The summed E-state index contributed by atoms with van der Waals surface area (Å²) >= 11 is 0. The van der Waals surface area contributed by atoms with Gasteiger partial charge in [0.1, 0.15) is 0 Å². The highest BCUT2D eigenvalue weighted by molar-refractivity contribution is 5.99. The summed E-state index contributed by atoms with van der Waals surface area (Å²) in [6.07, 6.45) is 0.635. The first kappa shape index (κ1) is 19.0. The van der Waals surface area contributed by atoms with E-state index in [1.165, 1.54) is 4.57 Å². The first-order chi connectivity index (χ1) is 14.0. The molecule has 1 fully saturated rings. The molecule has 1 aromatic heterocycles. The molecule has 29 heavy (non-hydrogen) atoms. The number of rotatable bonds is 6. The first-order valence-electron chi connectivity index (χ1n) is 9.65. The van der Waals surface area contributed by atoms with Gasteiger partial charge in [-0.25, -0.2) is 4.79 Å². The number of aromatic nitrogens is 1. The third kappa shape index (κ3) is 3.94. The summed E-state index contributed by atoms with van der Waals surface area (Å²) in [5.74, 6) is -1.35. The normalized spacial score (nSPS) is 16.5. The van der Waals surface area contributed by atoms with Gasteiger partial charge in [0.05, 0.1) is 18.0 Å². The lowest BCUT2D eigenvalue weighted by Gasteiger charge is -2.16. The predicted molar refractivity (Wildman–Crippen MR) is 108 cm³/mol. The van der Waals surface area contributed by atoms with E-state index in [2.05, 4.69) is 0 Å². The predicted octanol–water partition coefficient (Wildman–Crippen LogP) is 2.89. The molecule has 4 rings (SSSR count). The molecule has 0 aliphatic carbocycles. The number of hydrogen-bond donors (Lipinski definition) is 0. The maximum absolute atomic E-state index is 12.4. The van der Waals surface area contributed by atoms with Gasteiger partial charge in [-0.1, -0.05) is 29.8 Å². The van der Waals surface area contributed by atoms with Crippen molar-refractivity contribution in [3.8, 4) is 0 Å². The smallest absolute Gasteiger partial charge is 0.419 e. The van der Waals surface area contributed by atoms with Crippen molar-refractivity contribution in [2.75, 3.05) is 18.1 Å². The van der Waals surface area contributed by atoms with Crippen molar-refractivity contribution < 1.29 is 18.7 Å². The Kier molecular flexibility index (Phi) is 5.20. The Balaban J connectivity index is 1.30. The maximum atomic E-state index is 12.4. The van der Waals surface area contributed by atoms with Crippen molar-refractivity contribution in [2.24, 2.45) is 5.92 Å². The Morgan fingerprint density at radius 2 is 1.90 bits per heavy atom. The van der Waals surface area contributed by atoms with Gasteiger partial charge in [0.25, 0.3) is 0 Å². The molecule has 0 radical (unpaired) electrons. The van der Waals surface area contributed by atoms with E-state index in [4.69, 9.17) is 9.15 Å². The number of anilines is 1. The number of carbonyl (C=O) groups is 2. The number of para-hydroxylation sites is 2. The van der Waals surface area contributed by atoms with Crippen LogP contribution in [0.4, 0.5) is 5.69 Å². The highest BCUT2D eigenvalue weighted by atomic mass is 16.5. The van der Waals surface area contributed by atoms with Gasteiger partial charge in [-0.05, 0) is 37.6 Å². The molecule has 1 aliphatic rings. The van der Waals surface area contributed by atoms with Crippen molar-refractivity contribution in [2.45, 2.75) is 26.3 Å². The minimum atomic E-state index is -0.471. The second-order valence-corrected chi connectivity index (χ2v) is 7.25. The van der Waals surface area contributed by atoms with Crippen LogP contribution in [0.25, 0.3) is 11.1 Å². The molecule has 3 aromatic rings. The molecule has 0 saturated carbocycles. The quantitative estimate of drug-likeness (QED) is 0.474. The van der Waals surface area contributed by atoms with Crippen molar-refractivity contribution in [1.82, 2.24) is 4.57 Å². The molecule has 7 nitrogen and oxygen atoms in total. The fraction of sp³-hybridized carbons (Fsp3) is 0.318. The van der Waals surface area contributed by atoms with Gasteiger partial charge in [-0.15, -0.1) is 0 Å². The molecule has 150 valence electrons. The van der Waals surface area contributed by atoms with Crippen molar-refractivity contribution in [3.63, 3.8) is 0 Å². The van der Waals surface area contributed by atoms with E-state index in [1.54, 1.807) is 17.0 Å². The fourth-order valence-electron chi connectivity index (χ4n) is 3.58. The van der Waals surface area contributed by atoms with Gasteiger partial charge in [0, 0.05) is 25.2 Å². The van der Waals surface area contributed by atoms with Crippen LogP contribution in [0.2, 0.25) is 0 Å². The second kappa shape index (κ2) is 7.95. The standard InChI is InChI=1S/C22H22N2O5/c1-15-7-9-17(10-8-15)24-14-16(13-20(24)25)21(26)28-12-4-11-23-18-5-2-3-6-19(18)29-22(23)27/h2-3,5-10,16H,4,11-14H2,1H3. The highest BCUT2D eigenvalue weighted by Gasteiger charge is 2.36. The van der Waals surface area contributed by atoms with Gasteiger partial charge in [-0.2, -0.15) is 0 Å². The number of fused-ring (bicyclic) bond motifs is 1. The summed E-state index contributed by atoms with van der Waals surface area (Å²) in [6.45, 7) is 2.88. The van der Waals surface area contributed by atoms with Crippen LogP contribution < -0.4 is 10.7 Å². The molecule has 0 bridgehead atoms. The van der Waals surface area contributed by atoms with Crippen LogP contribution in [-0.4, -0.2) is 29.6 Å². The van der Waals surface area contributed by atoms with Crippen LogP contribution in [0.15, 0.2) is 57.7 Å². The molecule has 1 amide bonds. The molecule has 1 aliphatic heterocycles. The summed E-state index contributed by atoms with van der Waals surface area (Å²) in [5.41, 5.74) is 3.16. The van der Waals surface area contributed by atoms with Crippen molar-refractivity contribution >= 4 is 28.7 Å². The van der Waals surface area contributed by atoms with Gasteiger partial charge in [-0.3, -0.25) is 14.2 Å². The number of nitrogens with zero attached hydrogens (tertiary/aromatic N) is 2. The number of carbonyl (C=O) groups excluding carboxylic acids is 2. The van der Waals surface area contributed by atoms with Crippen molar-refractivity contribution in [3.05, 3.63) is 64.6 Å². The van der Waals surface area contributed by atoms with Gasteiger partial charge in [0.15, 0.2) is 5.58 Å². The number of ether oxygens (including phenoxy) is 1. The van der Waals surface area contributed by atoms with E-state index in [0.717, 1.165) is 16.8 Å². The molecule has 2 aromatic carbocycles. The van der Waals surface area contributed by atoms with E-state index < -0.39 is 11.7 Å². The van der Waals surface area contributed by atoms with Crippen molar-refractivity contribution in [1.29, 1.82) is 0 Å². The second-order valence-electron chi connectivity index (χ2n) is 7.25. The van der Waals surface area contributed by atoms with Crippen LogP contribution in [0.1, 0.15) is 18.4 Å². The molecule has 0 spiro atoms. The Bertz CT molecular complexity index is 1100. The SMILES string of the molecule is Cc1ccc(N2CC(C(=O)OCCCn3c(=O)oc4ccccc43)CC2=O)cc1. The monoisotopic (exact) mass is 394 g/mol. The average Bonchev–Trinajstić information content (AvgIpc) is 3.25. The zero-order chi connectivity index (χ0) is 20.4. The van der Waals surface area contributed by atoms with E-state index in [0.29, 0.717) is 25.1 Å². The molecule has 1 saturated heterocycles. The third-order valence-corrected chi connectivity index (χ3v) is 5.15. The third-order valence-electron chi connectivity index (χ3n) is 5.15. The van der Waals surface area contributed by atoms with E-state index in [9.17, 15) is 14.4 Å². The van der Waals surface area contributed by atoms with E-state index in [-0.39, 0.29) is 24.9 Å². The lowest BCUT2D eigenvalue weighted by Crippen LogP contribution is -2.26. The Morgan fingerprint density at radius 3 is 2.69 bits per heavy atom. The zero-order valence-electron chi connectivity index (χ0n) is 16.2. The first-order valence-corrected chi connectivity index (χ1v) is 9.65. The number of benzene rings is 2. The van der Waals surface area contributed by atoms with Gasteiger partial charge >= 0.3 is 11.7 Å². The Morgan fingerprint density at radius 1 is 1.14 bits per heavy atom. The van der Waals surface area contributed by atoms with Crippen LogP contribution in [0.3, 0.4) is 0 Å². The number of aryl methyl sites for hydroxylation is 2. The van der Waals surface area contributed by atoms with Crippen LogP contribution in [0, 0.1) is 12.8 Å². The van der Waals surface area contributed by atoms with Crippen LogP contribution in [-0.2, 0) is 20.9 Å². The molecule has 1 atom stereocenters. The average molecular weight is 394 g/mol. The van der Waals surface area contributed by atoms with Gasteiger partial charge in [0.2, 0.25) is 5.91 Å². The molecule has 1 unspecified atom stereocenters. The van der Waals surface area contributed by atoms with E-state index >= 15 is 0 Å². The number of amides is 1.